The maximum absolute atomic E-state index is 12.5. The van der Waals surface area contributed by atoms with Crippen LogP contribution in [-0.4, -0.2) is 49.1 Å². The van der Waals surface area contributed by atoms with E-state index in [9.17, 15) is 9.59 Å². The molecule has 1 aliphatic heterocycles. The van der Waals surface area contributed by atoms with Crippen molar-refractivity contribution in [3.63, 3.8) is 0 Å². The molecule has 0 saturated carbocycles. The van der Waals surface area contributed by atoms with Gasteiger partial charge in [0.05, 0.1) is 0 Å². The number of benzene rings is 1. The van der Waals surface area contributed by atoms with E-state index in [0.717, 1.165) is 18.7 Å². The van der Waals surface area contributed by atoms with Crippen molar-refractivity contribution >= 4 is 28.9 Å². The Balaban J connectivity index is 1.43. The maximum atomic E-state index is 12.5. The lowest BCUT2D eigenvalue weighted by Gasteiger charge is -2.37. The number of nitrogens with zero attached hydrogens (tertiary/aromatic N) is 2. The number of amides is 1. The standard InChI is InChI=1S/C20H24N2O3S/c1-16(25-19(23)8-7-17-9-14-26-15-17)20(24)22-12-10-21(11-13-22)18-5-3-2-4-6-18/h2-6,9,14-16H,7-8,10-13H2,1H3. The molecule has 1 saturated heterocycles. The van der Waals surface area contributed by atoms with Gasteiger partial charge in [0.1, 0.15) is 0 Å². The number of hydrogen-bond acceptors (Lipinski definition) is 5. The number of piperazine rings is 1. The lowest BCUT2D eigenvalue weighted by molar-refractivity contribution is -0.159. The third-order valence-electron chi connectivity index (χ3n) is 4.57. The van der Waals surface area contributed by atoms with Crippen LogP contribution in [0.3, 0.4) is 0 Å². The van der Waals surface area contributed by atoms with Gasteiger partial charge in [0.2, 0.25) is 0 Å². The average molecular weight is 372 g/mol. The van der Waals surface area contributed by atoms with Crippen LogP contribution in [0, 0.1) is 0 Å². The number of carbonyl (C=O) groups excluding carboxylic acids is 2. The molecule has 1 fully saturated rings. The van der Waals surface area contributed by atoms with Crippen molar-refractivity contribution in [1.82, 2.24) is 4.90 Å². The van der Waals surface area contributed by atoms with Crippen molar-refractivity contribution in [2.24, 2.45) is 0 Å². The summed E-state index contributed by atoms with van der Waals surface area (Å²) in [6.45, 7) is 4.52. The van der Waals surface area contributed by atoms with Crippen LogP contribution in [0.25, 0.3) is 0 Å². The number of ether oxygens (including phenoxy) is 1. The third-order valence-corrected chi connectivity index (χ3v) is 5.30. The third kappa shape index (κ3) is 4.85. The van der Waals surface area contributed by atoms with E-state index in [1.807, 2.05) is 35.0 Å². The lowest BCUT2D eigenvalue weighted by Crippen LogP contribution is -2.51. The van der Waals surface area contributed by atoms with Gasteiger partial charge in [-0.1, -0.05) is 18.2 Å². The summed E-state index contributed by atoms with van der Waals surface area (Å²) in [5, 5.41) is 4.01. The molecule has 1 amide bonds. The number of anilines is 1. The first-order chi connectivity index (χ1) is 12.6. The quantitative estimate of drug-likeness (QED) is 0.732. The number of hydrogen-bond donors (Lipinski definition) is 0. The number of esters is 1. The van der Waals surface area contributed by atoms with Crippen molar-refractivity contribution in [2.75, 3.05) is 31.1 Å². The fraction of sp³-hybridized carbons (Fsp3) is 0.400. The molecule has 0 aliphatic carbocycles. The summed E-state index contributed by atoms with van der Waals surface area (Å²) in [4.78, 5) is 28.6. The molecule has 0 radical (unpaired) electrons. The number of carbonyl (C=O) groups is 2. The van der Waals surface area contributed by atoms with Crippen LogP contribution in [0.2, 0.25) is 0 Å². The summed E-state index contributed by atoms with van der Waals surface area (Å²) in [6.07, 6.45) is 0.225. The Labute approximate surface area is 158 Å². The Kier molecular flexibility index (Phi) is 6.28. The second-order valence-electron chi connectivity index (χ2n) is 6.41. The van der Waals surface area contributed by atoms with Gasteiger partial charge in [-0.2, -0.15) is 11.3 Å². The van der Waals surface area contributed by atoms with Gasteiger partial charge in [0.25, 0.3) is 5.91 Å². The molecule has 2 aromatic rings. The molecule has 26 heavy (non-hydrogen) atoms. The Morgan fingerprint density at radius 2 is 1.85 bits per heavy atom. The molecule has 0 bridgehead atoms. The Morgan fingerprint density at radius 1 is 1.12 bits per heavy atom. The second kappa shape index (κ2) is 8.85. The first-order valence-corrected chi connectivity index (χ1v) is 9.87. The smallest absolute Gasteiger partial charge is 0.306 e. The van der Waals surface area contributed by atoms with Crippen LogP contribution < -0.4 is 4.90 Å². The number of aryl methyl sites for hydroxylation is 1. The fourth-order valence-corrected chi connectivity index (χ4v) is 3.77. The van der Waals surface area contributed by atoms with E-state index >= 15 is 0 Å². The first-order valence-electron chi connectivity index (χ1n) is 8.93. The highest BCUT2D eigenvalue weighted by molar-refractivity contribution is 7.07. The van der Waals surface area contributed by atoms with Crippen LogP contribution in [0.4, 0.5) is 5.69 Å². The molecule has 1 aromatic heterocycles. The molecule has 5 nitrogen and oxygen atoms in total. The normalized spacial score (nSPS) is 15.6. The Bertz CT molecular complexity index is 710. The minimum absolute atomic E-state index is 0.110. The number of rotatable bonds is 6. The molecule has 1 aliphatic rings. The van der Waals surface area contributed by atoms with E-state index in [0.29, 0.717) is 25.9 Å². The highest BCUT2D eigenvalue weighted by atomic mass is 32.1. The van der Waals surface area contributed by atoms with Gasteiger partial charge in [-0.05, 0) is 47.9 Å². The summed E-state index contributed by atoms with van der Waals surface area (Å²) >= 11 is 1.61. The highest BCUT2D eigenvalue weighted by Crippen LogP contribution is 2.16. The topological polar surface area (TPSA) is 49.9 Å². The van der Waals surface area contributed by atoms with Gasteiger partial charge < -0.3 is 14.5 Å². The van der Waals surface area contributed by atoms with Crippen LogP contribution in [-0.2, 0) is 20.7 Å². The van der Waals surface area contributed by atoms with Crippen molar-refractivity contribution in [1.29, 1.82) is 0 Å². The van der Waals surface area contributed by atoms with Crippen molar-refractivity contribution < 1.29 is 14.3 Å². The molecule has 1 unspecified atom stereocenters. The van der Waals surface area contributed by atoms with Crippen LogP contribution >= 0.6 is 11.3 Å². The summed E-state index contributed by atoms with van der Waals surface area (Å²) in [7, 11) is 0. The summed E-state index contributed by atoms with van der Waals surface area (Å²) in [5.74, 6) is -0.429. The van der Waals surface area contributed by atoms with E-state index in [2.05, 4.69) is 17.0 Å². The molecule has 6 heteroatoms. The number of thiophene rings is 1. The van der Waals surface area contributed by atoms with Crippen LogP contribution in [0.15, 0.2) is 47.2 Å². The Hall–Kier alpha value is -2.34. The lowest BCUT2D eigenvalue weighted by atomic mass is 10.2. The second-order valence-corrected chi connectivity index (χ2v) is 7.19. The summed E-state index contributed by atoms with van der Waals surface area (Å²) in [6, 6.07) is 12.2. The van der Waals surface area contributed by atoms with Crippen molar-refractivity contribution in [3.05, 3.63) is 52.7 Å². The van der Waals surface area contributed by atoms with Gasteiger partial charge in [0, 0.05) is 38.3 Å². The minimum atomic E-state index is -0.728. The predicted molar refractivity (Wildman–Crippen MR) is 103 cm³/mol. The van der Waals surface area contributed by atoms with Gasteiger partial charge in [-0.3, -0.25) is 9.59 Å². The first kappa shape index (κ1) is 18.5. The summed E-state index contributed by atoms with van der Waals surface area (Å²) < 4.78 is 5.33. The van der Waals surface area contributed by atoms with Crippen molar-refractivity contribution in [2.45, 2.75) is 25.9 Å². The maximum Gasteiger partial charge on any atom is 0.306 e. The van der Waals surface area contributed by atoms with E-state index in [1.165, 1.54) is 5.69 Å². The van der Waals surface area contributed by atoms with E-state index < -0.39 is 6.10 Å². The Morgan fingerprint density at radius 3 is 2.50 bits per heavy atom. The molecule has 138 valence electrons. The fourth-order valence-electron chi connectivity index (χ4n) is 3.07. The molecule has 2 heterocycles. The number of para-hydroxylation sites is 1. The minimum Gasteiger partial charge on any atom is -0.453 e. The molecule has 1 atom stereocenters. The highest BCUT2D eigenvalue weighted by Gasteiger charge is 2.27. The van der Waals surface area contributed by atoms with Gasteiger partial charge in [-0.25, -0.2) is 0 Å². The zero-order valence-corrected chi connectivity index (χ0v) is 15.8. The van der Waals surface area contributed by atoms with Crippen molar-refractivity contribution in [3.8, 4) is 0 Å². The van der Waals surface area contributed by atoms with E-state index in [-0.39, 0.29) is 11.9 Å². The zero-order chi connectivity index (χ0) is 18.4. The summed E-state index contributed by atoms with van der Waals surface area (Å²) in [5.41, 5.74) is 2.30. The van der Waals surface area contributed by atoms with Gasteiger partial charge >= 0.3 is 5.97 Å². The van der Waals surface area contributed by atoms with E-state index in [4.69, 9.17) is 4.74 Å². The molecular weight excluding hydrogens is 348 g/mol. The molecular formula is C20H24N2O3S. The monoisotopic (exact) mass is 372 g/mol. The molecule has 0 spiro atoms. The van der Waals surface area contributed by atoms with Gasteiger partial charge in [0.15, 0.2) is 6.10 Å². The van der Waals surface area contributed by atoms with Gasteiger partial charge in [-0.15, -0.1) is 0 Å². The largest absolute Gasteiger partial charge is 0.453 e. The zero-order valence-electron chi connectivity index (χ0n) is 15.0. The molecule has 0 N–H and O–H groups in total. The van der Waals surface area contributed by atoms with Crippen LogP contribution in [0.1, 0.15) is 18.9 Å². The average Bonchev–Trinajstić information content (AvgIpc) is 3.20. The SMILES string of the molecule is CC(OC(=O)CCc1ccsc1)C(=O)N1CCN(c2ccccc2)CC1. The van der Waals surface area contributed by atoms with Crippen LogP contribution in [0.5, 0.6) is 0 Å². The predicted octanol–water partition coefficient (Wildman–Crippen LogP) is 2.96. The molecule has 1 aromatic carbocycles. The van der Waals surface area contributed by atoms with E-state index in [1.54, 1.807) is 23.2 Å². The molecule has 3 rings (SSSR count).